The lowest BCUT2D eigenvalue weighted by atomic mass is 10.2. The van der Waals surface area contributed by atoms with Crippen molar-refractivity contribution in [2.45, 2.75) is 20.0 Å². The predicted octanol–water partition coefficient (Wildman–Crippen LogP) is 2.83. The van der Waals surface area contributed by atoms with E-state index in [1.807, 2.05) is 48.2 Å². The minimum absolute atomic E-state index is 0.0781. The molecule has 2 rings (SSSR count). The average molecular weight is 309 g/mol. The highest BCUT2D eigenvalue weighted by atomic mass is 16.3. The van der Waals surface area contributed by atoms with Crippen LogP contribution in [-0.4, -0.2) is 17.4 Å². The zero-order chi connectivity index (χ0) is 16.5. The Morgan fingerprint density at radius 3 is 2.70 bits per heavy atom. The highest BCUT2D eigenvalue weighted by Gasteiger charge is 2.11. The normalized spacial score (nSPS) is 10.9. The maximum Gasteiger partial charge on any atom is 0.263 e. The SMILES string of the molecule is CCN(/C=C(/C#N)C(=O)NCc1ccco1)Cc1ccccc1. The Balaban J connectivity index is 2.00. The minimum Gasteiger partial charge on any atom is -0.467 e. The van der Waals surface area contributed by atoms with E-state index in [1.165, 1.54) is 0 Å². The molecular formula is C18H19N3O2. The average Bonchev–Trinajstić information content (AvgIpc) is 3.10. The molecule has 0 aliphatic heterocycles. The molecule has 1 N–H and O–H groups in total. The third-order valence-corrected chi connectivity index (χ3v) is 3.31. The fourth-order valence-electron chi connectivity index (χ4n) is 2.06. The second-order valence-electron chi connectivity index (χ2n) is 4.97. The van der Waals surface area contributed by atoms with Crippen LogP contribution in [0.2, 0.25) is 0 Å². The molecule has 0 aliphatic rings. The smallest absolute Gasteiger partial charge is 0.263 e. The summed E-state index contributed by atoms with van der Waals surface area (Å²) in [5.41, 5.74) is 1.20. The van der Waals surface area contributed by atoms with E-state index in [4.69, 9.17) is 4.42 Å². The Bertz CT molecular complexity index is 685. The van der Waals surface area contributed by atoms with E-state index < -0.39 is 5.91 Å². The Kier molecular flexibility index (Phi) is 6.01. The maximum atomic E-state index is 12.1. The van der Waals surface area contributed by atoms with E-state index >= 15 is 0 Å². The first-order chi connectivity index (χ1) is 11.2. The summed E-state index contributed by atoms with van der Waals surface area (Å²) in [6.45, 7) is 3.59. The van der Waals surface area contributed by atoms with Gasteiger partial charge in [0.05, 0.1) is 12.8 Å². The molecule has 0 spiro atoms. The number of nitrogens with one attached hydrogen (secondary N) is 1. The Labute approximate surface area is 135 Å². The van der Waals surface area contributed by atoms with Crippen molar-refractivity contribution in [2.75, 3.05) is 6.54 Å². The predicted molar refractivity (Wildman–Crippen MR) is 86.8 cm³/mol. The fourth-order valence-corrected chi connectivity index (χ4v) is 2.06. The van der Waals surface area contributed by atoms with Crippen molar-refractivity contribution in [1.29, 1.82) is 5.26 Å². The van der Waals surface area contributed by atoms with Crippen LogP contribution >= 0.6 is 0 Å². The van der Waals surface area contributed by atoms with Gasteiger partial charge < -0.3 is 14.6 Å². The van der Waals surface area contributed by atoms with E-state index in [0.29, 0.717) is 18.8 Å². The molecule has 5 nitrogen and oxygen atoms in total. The molecule has 0 bridgehead atoms. The van der Waals surface area contributed by atoms with Gasteiger partial charge in [0.2, 0.25) is 0 Å². The maximum absolute atomic E-state index is 12.1. The summed E-state index contributed by atoms with van der Waals surface area (Å²) in [6, 6.07) is 15.4. The van der Waals surface area contributed by atoms with Crippen LogP contribution < -0.4 is 5.32 Å². The number of furan rings is 1. The Morgan fingerprint density at radius 2 is 2.09 bits per heavy atom. The summed E-state index contributed by atoms with van der Waals surface area (Å²) in [4.78, 5) is 14.0. The molecule has 0 atom stereocenters. The van der Waals surface area contributed by atoms with E-state index in [0.717, 1.165) is 5.56 Å². The monoisotopic (exact) mass is 309 g/mol. The van der Waals surface area contributed by atoms with Crippen molar-refractivity contribution >= 4 is 5.91 Å². The molecule has 1 heterocycles. The number of rotatable bonds is 7. The van der Waals surface area contributed by atoms with Crippen molar-refractivity contribution < 1.29 is 9.21 Å². The third-order valence-electron chi connectivity index (χ3n) is 3.31. The van der Waals surface area contributed by atoms with Crippen molar-refractivity contribution in [1.82, 2.24) is 10.2 Å². The first-order valence-corrected chi connectivity index (χ1v) is 7.43. The van der Waals surface area contributed by atoms with Gasteiger partial charge in [0.1, 0.15) is 17.4 Å². The van der Waals surface area contributed by atoms with Gasteiger partial charge in [-0.05, 0) is 24.6 Å². The second kappa shape index (κ2) is 8.44. The molecule has 1 aromatic heterocycles. The quantitative estimate of drug-likeness (QED) is 0.631. The van der Waals surface area contributed by atoms with Gasteiger partial charge >= 0.3 is 0 Å². The Hall–Kier alpha value is -3.00. The zero-order valence-electron chi connectivity index (χ0n) is 13.0. The molecule has 1 amide bonds. The number of carbonyl (C=O) groups excluding carboxylic acids is 1. The molecule has 0 aliphatic carbocycles. The van der Waals surface area contributed by atoms with Crippen LogP contribution in [0.3, 0.4) is 0 Å². The van der Waals surface area contributed by atoms with Gasteiger partial charge in [-0.3, -0.25) is 4.79 Å². The molecule has 2 aromatic rings. The van der Waals surface area contributed by atoms with Crippen LogP contribution in [0, 0.1) is 11.3 Å². The highest BCUT2D eigenvalue weighted by molar-refractivity contribution is 5.97. The van der Waals surface area contributed by atoms with E-state index in [9.17, 15) is 10.1 Å². The molecule has 23 heavy (non-hydrogen) atoms. The van der Waals surface area contributed by atoms with Crippen LogP contribution in [0.5, 0.6) is 0 Å². The molecule has 0 fully saturated rings. The molecule has 5 heteroatoms. The molecule has 118 valence electrons. The highest BCUT2D eigenvalue weighted by Crippen LogP contribution is 2.07. The van der Waals surface area contributed by atoms with E-state index in [2.05, 4.69) is 5.32 Å². The van der Waals surface area contributed by atoms with Gasteiger partial charge in [-0.25, -0.2) is 0 Å². The van der Waals surface area contributed by atoms with Crippen molar-refractivity contribution in [2.24, 2.45) is 0 Å². The first-order valence-electron chi connectivity index (χ1n) is 7.43. The number of amides is 1. The van der Waals surface area contributed by atoms with Gasteiger partial charge in [-0.2, -0.15) is 5.26 Å². The summed E-state index contributed by atoms with van der Waals surface area (Å²) < 4.78 is 5.15. The number of hydrogen-bond donors (Lipinski definition) is 1. The number of nitrogens with zero attached hydrogens (tertiary/aromatic N) is 2. The number of nitriles is 1. The van der Waals surface area contributed by atoms with Crippen LogP contribution in [0.4, 0.5) is 0 Å². The summed E-state index contributed by atoms with van der Waals surface area (Å²) in [6.07, 6.45) is 3.14. The van der Waals surface area contributed by atoms with Gasteiger partial charge in [-0.15, -0.1) is 0 Å². The zero-order valence-corrected chi connectivity index (χ0v) is 13.0. The lowest BCUT2D eigenvalue weighted by Crippen LogP contribution is -2.26. The Morgan fingerprint density at radius 1 is 1.30 bits per heavy atom. The summed E-state index contributed by atoms with van der Waals surface area (Å²) in [5, 5.41) is 11.9. The van der Waals surface area contributed by atoms with Crippen LogP contribution in [0.1, 0.15) is 18.2 Å². The minimum atomic E-state index is -0.407. The summed E-state index contributed by atoms with van der Waals surface area (Å²) in [5.74, 6) is 0.239. The topological polar surface area (TPSA) is 69.3 Å². The van der Waals surface area contributed by atoms with Crippen molar-refractivity contribution in [3.8, 4) is 6.07 Å². The summed E-state index contributed by atoms with van der Waals surface area (Å²) in [7, 11) is 0. The van der Waals surface area contributed by atoms with Crippen LogP contribution in [0.25, 0.3) is 0 Å². The standard InChI is InChI=1S/C18H19N3O2/c1-2-21(13-15-7-4-3-5-8-15)14-16(11-19)18(22)20-12-17-9-6-10-23-17/h3-10,14H,2,12-13H2,1H3,(H,20,22)/b16-14-. The lowest BCUT2D eigenvalue weighted by Gasteiger charge is -2.18. The molecule has 1 aromatic carbocycles. The van der Waals surface area contributed by atoms with Crippen molar-refractivity contribution in [3.05, 3.63) is 71.8 Å². The van der Waals surface area contributed by atoms with Gasteiger partial charge in [0.15, 0.2) is 0 Å². The van der Waals surface area contributed by atoms with Gasteiger partial charge in [-0.1, -0.05) is 30.3 Å². The molecule has 0 radical (unpaired) electrons. The van der Waals surface area contributed by atoms with Crippen LogP contribution in [-0.2, 0) is 17.9 Å². The van der Waals surface area contributed by atoms with Crippen LogP contribution in [0.15, 0.2) is 64.9 Å². The van der Waals surface area contributed by atoms with E-state index in [-0.39, 0.29) is 12.1 Å². The largest absolute Gasteiger partial charge is 0.467 e. The third kappa shape index (κ3) is 5.04. The molecule has 0 saturated carbocycles. The molecule has 0 unspecified atom stereocenters. The lowest BCUT2D eigenvalue weighted by molar-refractivity contribution is -0.117. The molecule has 0 saturated heterocycles. The van der Waals surface area contributed by atoms with E-state index in [1.54, 1.807) is 24.6 Å². The summed E-state index contributed by atoms with van der Waals surface area (Å²) >= 11 is 0. The van der Waals surface area contributed by atoms with Gasteiger partial charge in [0, 0.05) is 19.3 Å². The fraction of sp³-hybridized carbons (Fsp3) is 0.222. The number of benzene rings is 1. The molecular weight excluding hydrogens is 290 g/mol. The van der Waals surface area contributed by atoms with Crippen molar-refractivity contribution in [3.63, 3.8) is 0 Å². The second-order valence-corrected chi connectivity index (χ2v) is 4.97. The number of carbonyl (C=O) groups is 1. The number of hydrogen-bond acceptors (Lipinski definition) is 4. The van der Waals surface area contributed by atoms with Gasteiger partial charge in [0.25, 0.3) is 5.91 Å². The first kappa shape index (κ1) is 16.4.